The number of rotatable bonds is 11. The minimum atomic E-state index is -0.274. The number of hydrogen-bond donors (Lipinski definition) is 1. The van der Waals surface area contributed by atoms with Gasteiger partial charge in [-0.1, -0.05) is 42.1 Å². The lowest BCUT2D eigenvalue weighted by molar-refractivity contribution is -0.118. The molecule has 0 aliphatic carbocycles. The Balaban J connectivity index is 1.47. The molecule has 0 radical (unpaired) electrons. The number of hydrazone groups is 1. The van der Waals surface area contributed by atoms with Crippen LogP contribution in [0.4, 0.5) is 0 Å². The van der Waals surface area contributed by atoms with Gasteiger partial charge in [-0.15, -0.1) is 10.2 Å². The van der Waals surface area contributed by atoms with Crippen molar-refractivity contribution in [3.8, 4) is 34.3 Å². The van der Waals surface area contributed by atoms with Gasteiger partial charge in [0.05, 0.1) is 32.8 Å². The Labute approximate surface area is 219 Å². The molecule has 4 aromatic rings. The van der Waals surface area contributed by atoms with Crippen LogP contribution in [0.3, 0.4) is 0 Å². The Bertz CT molecular complexity index is 1360. The smallest absolute Gasteiger partial charge is 0.250 e. The van der Waals surface area contributed by atoms with Crippen LogP contribution in [-0.4, -0.2) is 53.5 Å². The van der Waals surface area contributed by atoms with Gasteiger partial charge in [0.2, 0.25) is 0 Å². The van der Waals surface area contributed by atoms with Crippen molar-refractivity contribution >= 4 is 23.9 Å². The number of nitrogens with one attached hydrogen (secondary N) is 1. The third-order valence-electron chi connectivity index (χ3n) is 5.21. The van der Waals surface area contributed by atoms with E-state index in [1.807, 2.05) is 72.2 Å². The van der Waals surface area contributed by atoms with Crippen molar-refractivity contribution in [2.45, 2.75) is 12.1 Å². The SMILES string of the molecule is CCOc1ccc(-n2c(SCC(=O)NN=Cc3ccc(OC)c(OC)c3)nnc2-c2ccccc2)cc1. The molecule has 10 heteroatoms. The molecule has 0 bridgehead atoms. The maximum absolute atomic E-state index is 12.5. The zero-order chi connectivity index (χ0) is 26.0. The van der Waals surface area contributed by atoms with Crippen molar-refractivity contribution in [3.05, 3.63) is 78.4 Å². The summed E-state index contributed by atoms with van der Waals surface area (Å²) in [7, 11) is 3.14. The largest absolute Gasteiger partial charge is 0.494 e. The van der Waals surface area contributed by atoms with E-state index in [0.717, 1.165) is 22.6 Å². The summed E-state index contributed by atoms with van der Waals surface area (Å²) >= 11 is 1.27. The fourth-order valence-electron chi connectivity index (χ4n) is 3.50. The first-order valence-corrected chi connectivity index (χ1v) is 12.5. The molecule has 9 nitrogen and oxygen atoms in total. The van der Waals surface area contributed by atoms with Crippen LogP contribution in [-0.2, 0) is 4.79 Å². The Morgan fingerprint density at radius 1 is 1.00 bits per heavy atom. The van der Waals surface area contributed by atoms with E-state index in [1.165, 1.54) is 11.8 Å². The van der Waals surface area contributed by atoms with Gasteiger partial charge in [-0.2, -0.15) is 5.10 Å². The molecule has 37 heavy (non-hydrogen) atoms. The average molecular weight is 518 g/mol. The van der Waals surface area contributed by atoms with Gasteiger partial charge in [0.1, 0.15) is 5.75 Å². The molecule has 1 amide bonds. The maximum atomic E-state index is 12.5. The van der Waals surface area contributed by atoms with Crippen molar-refractivity contribution in [2.24, 2.45) is 5.10 Å². The molecule has 190 valence electrons. The molecule has 1 heterocycles. The summed E-state index contributed by atoms with van der Waals surface area (Å²) in [5.74, 6) is 2.49. The van der Waals surface area contributed by atoms with E-state index in [1.54, 1.807) is 32.6 Å². The Morgan fingerprint density at radius 3 is 2.46 bits per heavy atom. The third-order valence-corrected chi connectivity index (χ3v) is 6.14. The molecule has 0 spiro atoms. The van der Waals surface area contributed by atoms with Crippen LogP contribution in [0.1, 0.15) is 12.5 Å². The van der Waals surface area contributed by atoms with Crippen molar-refractivity contribution in [3.63, 3.8) is 0 Å². The highest BCUT2D eigenvalue weighted by Gasteiger charge is 2.17. The summed E-state index contributed by atoms with van der Waals surface area (Å²) in [5, 5.41) is 13.4. The molecule has 4 rings (SSSR count). The van der Waals surface area contributed by atoms with Crippen LogP contribution < -0.4 is 19.6 Å². The predicted molar refractivity (Wildman–Crippen MR) is 144 cm³/mol. The van der Waals surface area contributed by atoms with Crippen LogP contribution in [0.2, 0.25) is 0 Å². The molecule has 0 saturated heterocycles. The first-order valence-electron chi connectivity index (χ1n) is 11.5. The second-order valence-corrected chi connectivity index (χ2v) is 8.57. The minimum Gasteiger partial charge on any atom is -0.494 e. The number of amides is 1. The molecule has 0 saturated carbocycles. The highest BCUT2D eigenvalue weighted by molar-refractivity contribution is 7.99. The molecule has 0 atom stereocenters. The number of aromatic nitrogens is 3. The van der Waals surface area contributed by atoms with Crippen LogP contribution in [0.5, 0.6) is 17.2 Å². The fraction of sp³-hybridized carbons (Fsp3) is 0.185. The van der Waals surface area contributed by atoms with E-state index >= 15 is 0 Å². The highest BCUT2D eigenvalue weighted by atomic mass is 32.2. The van der Waals surface area contributed by atoms with Crippen LogP contribution in [0.15, 0.2) is 83.1 Å². The Hall–Kier alpha value is -4.31. The molecule has 0 unspecified atom stereocenters. The predicted octanol–water partition coefficient (Wildman–Crippen LogP) is 4.59. The van der Waals surface area contributed by atoms with Gasteiger partial charge in [0.25, 0.3) is 5.91 Å². The number of nitrogens with zero attached hydrogens (tertiary/aromatic N) is 4. The van der Waals surface area contributed by atoms with E-state index < -0.39 is 0 Å². The molecular weight excluding hydrogens is 490 g/mol. The third kappa shape index (κ3) is 6.47. The van der Waals surface area contributed by atoms with Gasteiger partial charge < -0.3 is 14.2 Å². The molecule has 0 aliphatic heterocycles. The molecule has 0 aliphatic rings. The van der Waals surface area contributed by atoms with Gasteiger partial charge in [0.15, 0.2) is 22.5 Å². The Morgan fingerprint density at radius 2 is 1.76 bits per heavy atom. The minimum absolute atomic E-state index is 0.104. The number of thioether (sulfide) groups is 1. The quantitative estimate of drug-likeness (QED) is 0.176. The fourth-order valence-corrected chi connectivity index (χ4v) is 4.25. The number of methoxy groups -OCH3 is 2. The van der Waals surface area contributed by atoms with Gasteiger partial charge >= 0.3 is 0 Å². The normalized spacial score (nSPS) is 10.9. The monoisotopic (exact) mass is 517 g/mol. The summed E-state index contributed by atoms with van der Waals surface area (Å²) < 4.78 is 18.0. The molecular formula is C27H27N5O4S. The van der Waals surface area contributed by atoms with E-state index in [4.69, 9.17) is 14.2 Å². The zero-order valence-electron chi connectivity index (χ0n) is 20.7. The zero-order valence-corrected chi connectivity index (χ0v) is 21.6. The second kappa shape index (κ2) is 12.6. The lowest BCUT2D eigenvalue weighted by atomic mass is 10.2. The topological polar surface area (TPSA) is 99.9 Å². The second-order valence-electron chi connectivity index (χ2n) is 7.63. The molecule has 1 aromatic heterocycles. The number of benzene rings is 3. The highest BCUT2D eigenvalue weighted by Crippen LogP contribution is 2.29. The average Bonchev–Trinajstić information content (AvgIpc) is 3.37. The van der Waals surface area contributed by atoms with E-state index in [2.05, 4.69) is 20.7 Å². The summed E-state index contributed by atoms with van der Waals surface area (Å²) in [6.45, 7) is 2.53. The van der Waals surface area contributed by atoms with E-state index in [-0.39, 0.29) is 11.7 Å². The first kappa shape index (κ1) is 25.8. The molecule has 0 fully saturated rings. The summed E-state index contributed by atoms with van der Waals surface area (Å²) in [6.07, 6.45) is 1.54. The van der Waals surface area contributed by atoms with Gasteiger partial charge in [-0.3, -0.25) is 9.36 Å². The lowest BCUT2D eigenvalue weighted by Crippen LogP contribution is -2.20. The number of hydrogen-bond acceptors (Lipinski definition) is 8. The standard InChI is InChI=1S/C27H27N5O4S/c1-4-36-22-13-11-21(12-14-22)32-26(20-8-6-5-7-9-20)30-31-27(32)37-18-25(33)29-28-17-19-10-15-23(34-2)24(16-19)35-3/h5-17H,4,18H2,1-3H3,(H,29,33). The van der Waals surface area contributed by atoms with Gasteiger partial charge in [-0.05, 0) is 55.0 Å². The molecule has 1 N–H and O–H groups in total. The van der Waals surface area contributed by atoms with Gasteiger partial charge in [-0.25, -0.2) is 5.43 Å². The van der Waals surface area contributed by atoms with Crippen molar-refractivity contribution in [1.82, 2.24) is 20.2 Å². The first-order chi connectivity index (χ1) is 18.1. The van der Waals surface area contributed by atoms with Crippen molar-refractivity contribution in [2.75, 3.05) is 26.6 Å². The number of carbonyl (C=O) groups is 1. The van der Waals surface area contributed by atoms with Crippen LogP contribution >= 0.6 is 11.8 Å². The summed E-state index contributed by atoms with van der Waals surface area (Å²) in [5.41, 5.74) is 5.09. The lowest BCUT2D eigenvalue weighted by Gasteiger charge is -2.11. The Kier molecular flexibility index (Phi) is 8.77. The van der Waals surface area contributed by atoms with E-state index in [9.17, 15) is 4.79 Å². The van der Waals surface area contributed by atoms with Crippen LogP contribution in [0, 0.1) is 0 Å². The number of carbonyl (C=O) groups excluding carboxylic acids is 1. The summed E-state index contributed by atoms with van der Waals surface area (Å²) in [4.78, 5) is 12.5. The van der Waals surface area contributed by atoms with Crippen LogP contribution in [0.25, 0.3) is 17.1 Å². The maximum Gasteiger partial charge on any atom is 0.250 e. The number of ether oxygens (including phenoxy) is 3. The van der Waals surface area contributed by atoms with E-state index in [0.29, 0.717) is 29.1 Å². The van der Waals surface area contributed by atoms with Gasteiger partial charge in [0, 0.05) is 11.3 Å². The van der Waals surface area contributed by atoms with Crippen molar-refractivity contribution in [1.29, 1.82) is 0 Å². The summed E-state index contributed by atoms with van der Waals surface area (Å²) in [6, 6.07) is 22.8. The van der Waals surface area contributed by atoms with Crippen molar-refractivity contribution < 1.29 is 19.0 Å². The molecule has 3 aromatic carbocycles.